The van der Waals surface area contributed by atoms with E-state index in [0.29, 0.717) is 0 Å². The number of hydrogen-bond acceptors (Lipinski definition) is 4. The van der Waals surface area contributed by atoms with E-state index in [1.165, 1.54) is 6.92 Å². The van der Waals surface area contributed by atoms with Gasteiger partial charge < -0.3 is 5.11 Å². The average Bonchev–Trinajstić information content (AvgIpc) is 2.00. The van der Waals surface area contributed by atoms with Gasteiger partial charge in [0.2, 0.25) is 5.78 Å². The fourth-order valence-corrected chi connectivity index (χ4v) is 0.837. The van der Waals surface area contributed by atoms with Gasteiger partial charge >= 0.3 is 0 Å². The van der Waals surface area contributed by atoms with E-state index in [-0.39, 0.29) is 5.57 Å². The lowest BCUT2D eigenvalue weighted by Crippen LogP contribution is -2.20. The molecule has 0 amide bonds. The van der Waals surface area contributed by atoms with Gasteiger partial charge in [0.1, 0.15) is 0 Å². The first-order valence-corrected chi connectivity index (χ1v) is 3.25. The zero-order chi connectivity index (χ0) is 9.30. The van der Waals surface area contributed by atoms with Crippen LogP contribution in [-0.4, -0.2) is 22.5 Å². The number of carbonyl (C=O) groups excluding carboxylic acids is 3. The van der Waals surface area contributed by atoms with Crippen LogP contribution < -0.4 is 0 Å². The van der Waals surface area contributed by atoms with Gasteiger partial charge in [0.05, 0.1) is 5.57 Å². The van der Waals surface area contributed by atoms with Gasteiger partial charge in [-0.05, 0) is 19.1 Å². The molecule has 0 aromatic carbocycles. The van der Waals surface area contributed by atoms with Gasteiger partial charge in [0.25, 0.3) is 5.78 Å². The Hall–Kier alpha value is -1.71. The molecular weight excluding hydrogens is 160 g/mol. The Kier molecular flexibility index (Phi) is 1.91. The molecule has 0 fully saturated rings. The third-order valence-corrected chi connectivity index (χ3v) is 1.47. The number of ketones is 3. The first-order valence-electron chi connectivity index (χ1n) is 3.25. The summed E-state index contributed by atoms with van der Waals surface area (Å²) >= 11 is 0. The number of Topliss-reactive ketones (excluding diaryl/α,β-unsaturated/α-hetero) is 2. The Morgan fingerprint density at radius 3 is 2.42 bits per heavy atom. The molecule has 0 aliphatic heterocycles. The van der Waals surface area contributed by atoms with E-state index >= 15 is 0 Å². The smallest absolute Gasteiger partial charge is 0.267 e. The number of aliphatic hydroxyl groups is 1. The molecule has 1 N–H and O–H groups in total. The van der Waals surface area contributed by atoms with E-state index in [4.69, 9.17) is 5.11 Å². The predicted octanol–water partition coefficient (Wildman–Crippen LogP) is 0.0955. The first-order chi connectivity index (χ1) is 5.54. The van der Waals surface area contributed by atoms with E-state index in [1.54, 1.807) is 0 Å². The third kappa shape index (κ3) is 1.18. The van der Waals surface area contributed by atoms with E-state index in [0.717, 1.165) is 12.2 Å². The fraction of sp³-hybridized carbons (Fsp3) is 0.125. The predicted molar refractivity (Wildman–Crippen MR) is 39.5 cm³/mol. The molecule has 0 heterocycles. The van der Waals surface area contributed by atoms with Crippen LogP contribution in [0.25, 0.3) is 0 Å². The maximum Gasteiger partial charge on any atom is 0.267 e. The van der Waals surface area contributed by atoms with E-state index in [9.17, 15) is 14.4 Å². The lowest BCUT2D eigenvalue weighted by atomic mass is 10.0. The second kappa shape index (κ2) is 2.73. The highest BCUT2D eigenvalue weighted by molar-refractivity contribution is 6.48. The lowest BCUT2D eigenvalue weighted by Gasteiger charge is -2.04. The van der Waals surface area contributed by atoms with Gasteiger partial charge in [-0.2, -0.15) is 0 Å². The highest BCUT2D eigenvalue weighted by Crippen LogP contribution is 2.11. The van der Waals surface area contributed by atoms with Gasteiger partial charge in [0, 0.05) is 0 Å². The molecule has 0 saturated heterocycles. The quantitative estimate of drug-likeness (QED) is 0.442. The van der Waals surface area contributed by atoms with Crippen LogP contribution in [0, 0.1) is 0 Å². The number of allylic oxidation sites excluding steroid dienone is 4. The van der Waals surface area contributed by atoms with Gasteiger partial charge in [-0.15, -0.1) is 0 Å². The van der Waals surface area contributed by atoms with Crippen LogP contribution in [0.5, 0.6) is 0 Å². The van der Waals surface area contributed by atoms with Crippen LogP contribution in [-0.2, 0) is 14.4 Å². The number of rotatable bonds is 1. The molecule has 62 valence electrons. The molecule has 1 aliphatic carbocycles. The topological polar surface area (TPSA) is 71.4 Å². The summed E-state index contributed by atoms with van der Waals surface area (Å²) in [5.41, 5.74) is -0.111. The molecule has 0 atom stereocenters. The molecule has 0 aromatic rings. The van der Waals surface area contributed by atoms with Crippen molar-refractivity contribution < 1.29 is 19.5 Å². The molecule has 1 aliphatic rings. The molecule has 0 radical (unpaired) electrons. The fourth-order valence-electron chi connectivity index (χ4n) is 0.837. The maximum atomic E-state index is 10.8. The van der Waals surface area contributed by atoms with Crippen molar-refractivity contribution in [3.63, 3.8) is 0 Å². The van der Waals surface area contributed by atoms with Gasteiger partial charge in [-0.3, -0.25) is 14.4 Å². The summed E-state index contributed by atoms with van der Waals surface area (Å²) in [6.07, 6.45) is 2.11. The molecule has 0 saturated carbocycles. The number of aliphatic hydroxyl groups excluding tert-OH is 1. The minimum atomic E-state index is -1.03. The molecule has 12 heavy (non-hydrogen) atoms. The third-order valence-electron chi connectivity index (χ3n) is 1.47. The summed E-state index contributed by atoms with van der Waals surface area (Å²) in [4.78, 5) is 32.1. The molecule has 1 rings (SSSR count). The van der Waals surface area contributed by atoms with Crippen molar-refractivity contribution in [1.82, 2.24) is 0 Å². The lowest BCUT2D eigenvalue weighted by molar-refractivity contribution is -0.133. The van der Waals surface area contributed by atoms with Gasteiger partial charge in [0.15, 0.2) is 11.5 Å². The summed E-state index contributed by atoms with van der Waals surface area (Å²) in [6, 6.07) is 0. The summed E-state index contributed by atoms with van der Waals surface area (Å²) in [6.45, 7) is 1.21. The highest BCUT2D eigenvalue weighted by atomic mass is 16.3. The number of carbonyl (C=O) groups is 3. The van der Waals surface area contributed by atoms with Crippen LogP contribution in [0.2, 0.25) is 0 Å². The molecule has 0 spiro atoms. The highest BCUT2D eigenvalue weighted by Gasteiger charge is 2.24. The van der Waals surface area contributed by atoms with Crippen molar-refractivity contribution in [2.45, 2.75) is 6.92 Å². The van der Waals surface area contributed by atoms with Crippen molar-refractivity contribution in [2.24, 2.45) is 0 Å². The Balaban J connectivity index is 3.19. The molecule has 0 unspecified atom stereocenters. The zero-order valence-corrected chi connectivity index (χ0v) is 6.33. The van der Waals surface area contributed by atoms with Crippen LogP contribution in [0.4, 0.5) is 0 Å². The van der Waals surface area contributed by atoms with E-state index in [2.05, 4.69) is 0 Å². The monoisotopic (exact) mass is 166 g/mol. The standard InChI is InChI=1S/C8H6O4/c1-4(9)5-2-3-6(10)8(12)7(5)11/h2-3,11H,1H3. The summed E-state index contributed by atoms with van der Waals surface area (Å²) in [7, 11) is 0. The van der Waals surface area contributed by atoms with Crippen LogP contribution >= 0.6 is 0 Å². The minimum Gasteiger partial charge on any atom is -0.504 e. The zero-order valence-electron chi connectivity index (χ0n) is 6.33. The Labute approximate surface area is 68.2 Å². The van der Waals surface area contributed by atoms with Crippen molar-refractivity contribution in [3.8, 4) is 0 Å². The minimum absolute atomic E-state index is 0.111. The Morgan fingerprint density at radius 2 is 1.92 bits per heavy atom. The summed E-state index contributed by atoms with van der Waals surface area (Å²) in [5.74, 6) is -3.03. The number of hydrogen-bond donors (Lipinski definition) is 1. The van der Waals surface area contributed by atoms with Crippen molar-refractivity contribution in [3.05, 3.63) is 23.5 Å². The van der Waals surface area contributed by atoms with Crippen LogP contribution in [0.15, 0.2) is 23.5 Å². The van der Waals surface area contributed by atoms with Crippen molar-refractivity contribution in [1.29, 1.82) is 0 Å². The van der Waals surface area contributed by atoms with Gasteiger partial charge in [-0.1, -0.05) is 0 Å². The van der Waals surface area contributed by atoms with Crippen molar-refractivity contribution >= 4 is 17.3 Å². The second-order valence-electron chi connectivity index (χ2n) is 2.35. The SMILES string of the molecule is CC(=O)C1=C(O)C(=O)C(=O)C=C1. The second-order valence-corrected chi connectivity index (χ2v) is 2.35. The van der Waals surface area contributed by atoms with Crippen LogP contribution in [0.3, 0.4) is 0 Å². The van der Waals surface area contributed by atoms with E-state index in [1.807, 2.05) is 0 Å². The molecule has 0 bridgehead atoms. The average molecular weight is 166 g/mol. The van der Waals surface area contributed by atoms with E-state index < -0.39 is 23.1 Å². The summed E-state index contributed by atoms with van der Waals surface area (Å²) < 4.78 is 0. The Bertz CT molecular complexity index is 333. The largest absolute Gasteiger partial charge is 0.504 e. The molecular formula is C8H6O4. The van der Waals surface area contributed by atoms with Crippen molar-refractivity contribution in [2.75, 3.05) is 0 Å². The van der Waals surface area contributed by atoms with Crippen LogP contribution in [0.1, 0.15) is 6.92 Å². The summed E-state index contributed by atoms with van der Waals surface area (Å²) in [5, 5.41) is 9.02. The maximum absolute atomic E-state index is 10.8. The Morgan fingerprint density at radius 1 is 1.33 bits per heavy atom. The first kappa shape index (κ1) is 8.39. The normalized spacial score (nSPS) is 17.1. The molecule has 4 heteroatoms. The molecule has 0 aromatic heterocycles. The molecule has 4 nitrogen and oxygen atoms in total. The van der Waals surface area contributed by atoms with Gasteiger partial charge in [-0.25, -0.2) is 0 Å².